The first-order chi connectivity index (χ1) is 11.6. The van der Waals surface area contributed by atoms with Crippen LogP contribution in [0.2, 0.25) is 0 Å². The van der Waals surface area contributed by atoms with E-state index in [1.54, 1.807) is 0 Å². The Morgan fingerprint density at radius 2 is 1.88 bits per heavy atom. The number of hydrogen-bond donors (Lipinski definition) is 1. The number of aryl methyl sites for hydroxylation is 3. The molecule has 0 radical (unpaired) electrons. The van der Waals surface area contributed by atoms with Gasteiger partial charge >= 0.3 is 0 Å². The molecule has 0 aliphatic rings. The molecule has 0 spiro atoms. The summed E-state index contributed by atoms with van der Waals surface area (Å²) >= 11 is 0. The second-order valence-electron chi connectivity index (χ2n) is 6.03. The van der Waals surface area contributed by atoms with E-state index < -0.39 is 0 Å². The second kappa shape index (κ2) is 7.45. The Labute approximate surface area is 142 Å². The zero-order chi connectivity index (χ0) is 16.9. The molecule has 24 heavy (non-hydrogen) atoms. The van der Waals surface area contributed by atoms with Crippen LogP contribution in [0.1, 0.15) is 23.5 Å². The third kappa shape index (κ3) is 3.74. The van der Waals surface area contributed by atoms with Crippen LogP contribution in [-0.2, 0) is 17.7 Å². The Morgan fingerprint density at radius 1 is 1.08 bits per heavy atom. The summed E-state index contributed by atoms with van der Waals surface area (Å²) in [4.78, 5) is 8.80. The molecule has 3 rings (SSSR count). The number of aromatic nitrogens is 3. The molecule has 126 valence electrons. The van der Waals surface area contributed by atoms with E-state index in [1.165, 1.54) is 5.56 Å². The summed E-state index contributed by atoms with van der Waals surface area (Å²) in [6.07, 6.45) is 2.08. The van der Waals surface area contributed by atoms with Gasteiger partial charge in [0.05, 0.1) is 12.1 Å². The zero-order valence-electron chi connectivity index (χ0n) is 14.3. The number of hydrogen-bond acceptors (Lipinski definition) is 4. The van der Waals surface area contributed by atoms with E-state index in [9.17, 15) is 0 Å². The number of pyridine rings is 1. The summed E-state index contributed by atoms with van der Waals surface area (Å²) in [5.74, 6) is 1.44. The van der Waals surface area contributed by atoms with Crippen LogP contribution >= 0.6 is 0 Å². The molecule has 2 heterocycles. The molecule has 0 saturated heterocycles. The maximum absolute atomic E-state index is 5.97. The number of ether oxygens (including phenoxy) is 1. The lowest BCUT2D eigenvalue weighted by Crippen LogP contribution is -2.09. The van der Waals surface area contributed by atoms with Gasteiger partial charge in [0.15, 0.2) is 5.82 Å². The minimum atomic E-state index is 0.496. The highest BCUT2D eigenvalue weighted by atomic mass is 16.5. The number of nitrogen functional groups attached to an aromatic ring is 1. The van der Waals surface area contributed by atoms with Crippen molar-refractivity contribution in [2.24, 2.45) is 0 Å². The van der Waals surface area contributed by atoms with Gasteiger partial charge in [-0.2, -0.15) is 0 Å². The molecule has 0 saturated carbocycles. The lowest BCUT2D eigenvalue weighted by Gasteiger charge is -2.09. The Morgan fingerprint density at radius 3 is 2.67 bits per heavy atom. The number of benzene rings is 1. The van der Waals surface area contributed by atoms with Crippen molar-refractivity contribution in [3.05, 3.63) is 53.5 Å². The Kier molecular flexibility index (Phi) is 5.11. The quantitative estimate of drug-likeness (QED) is 0.677. The molecule has 0 amide bonds. The van der Waals surface area contributed by atoms with E-state index in [-0.39, 0.29) is 0 Å². The number of imidazole rings is 1. The van der Waals surface area contributed by atoms with Crippen LogP contribution < -0.4 is 5.73 Å². The van der Waals surface area contributed by atoms with Gasteiger partial charge in [0.25, 0.3) is 0 Å². The second-order valence-corrected chi connectivity index (χ2v) is 6.03. The number of fused-ring (bicyclic) bond motifs is 1. The molecular formula is C19H24N4O. The monoisotopic (exact) mass is 324 g/mol. The molecule has 0 aliphatic carbocycles. The van der Waals surface area contributed by atoms with Crippen LogP contribution in [0.15, 0.2) is 36.4 Å². The van der Waals surface area contributed by atoms with E-state index in [1.807, 2.05) is 26.0 Å². The third-order valence-electron chi connectivity index (χ3n) is 4.14. The first-order valence-electron chi connectivity index (χ1n) is 8.37. The van der Waals surface area contributed by atoms with Crippen molar-refractivity contribution in [2.45, 2.75) is 33.2 Å². The molecule has 3 aromatic rings. The van der Waals surface area contributed by atoms with Gasteiger partial charge in [-0.3, -0.25) is 0 Å². The Bertz CT molecular complexity index is 811. The number of anilines is 1. The Hall–Kier alpha value is -2.40. The van der Waals surface area contributed by atoms with E-state index in [0.29, 0.717) is 12.4 Å². The predicted molar refractivity (Wildman–Crippen MR) is 97.0 cm³/mol. The summed E-state index contributed by atoms with van der Waals surface area (Å²) in [6, 6.07) is 12.5. The van der Waals surface area contributed by atoms with Crippen molar-refractivity contribution in [1.29, 1.82) is 0 Å². The van der Waals surface area contributed by atoms with Crippen molar-refractivity contribution in [1.82, 2.24) is 14.5 Å². The average Bonchev–Trinajstić information content (AvgIpc) is 2.88. The Balaban J connectivity index is 1.52. The van der Waals surface area contributed by atoms with Gasteiger partial charge < -0.3 is 15.0 Å². The van der Waals surface area contributed by atoms with E-state index in [0.717, 1.165) is 48.5 Å². The zero-order valence-corrected chi connectivity index (χ0v) is 14.3. The summed E-state index contributed by atoms with van der Waals surface area (Å²) in [7, 11) is 0. The van der Waals surface area contributed by atoms with Crippen molar-refractivity contribution in [2.75, 3.05) is 18.9 Å². The van der Waals surface area contributed by atoms with Gasteiger partial charge in [0.2, 0.25) is 0 Å². The topological polar surface area (TPSA) is 66.0 Å². The maximum Gasteiger partial charge on any atom is 0.151 e. The van der Waals surface area contributed by atoms with Gasteiger partial charge in [-0.05, 0) is 38.3 Å². The fourth-order valence-corrected chi connectivity index (χ4v) is 2.95. The van der Waals surface area contributed by atoms with Gasteiger partial charge in [-0.15, -0.1) is 0 Å². The molecule has 0 atom stereocenters. The molecule has 0 unspecified atom stereocenters. The fourth-order valence-electron chi connectivity index (χ4n) is 2.95. The summed E-state index contributed by atoms with van der Waals surface area (Å²) < 4.78 is 7.95. The van der Waals surface area contributed by atoms with E-state index in [4.69, 9.17) is 10.5 Å². The molecule has 1 aromatic carbocycles. The van der Waals surface area contributed by atoms with Crippen molar-refractivity contribution < 1.29 is 4.74 Å². The van der Waals surface area contributed by atoms with Crippen molar-refractivity contribution in [3.8, 4) is 0 Å². The van der Waals surface area contributed by atoms with Crippen LogP contribution in [-0.4, -0.2) is 27.7 Å². The fraction of sp³-hybridized carbons (Fsp3) is 0.368. The lowest BCUT2D eigenvalue weighted by molar-refractivity contribution is 0.124. The summed E-state index contributed by atoms with van der Waals surface area (Å²) in [5, 5.41) is 0. The standard InChI is InChI=1S/C19H24N4O/c1-14-13-17-18(19(20)21-14)22-15(2)23(17)10-12-24-11-6-9-16-7-4-3-5-8-16/h3-5,7-8,13H,6,9-12H2,1-2H3,(H2,20,21). The van der Waals surface area contributed by atoms with Crippen LogP contribution in [0.4, 0.5) is 5.82 Å². The van der Waals surface area contributed by atoms with E-state index >= 15 is 0 Å². The first-order valence-corrected chi connectivity index (χ1v) is 8.37. The first kappa shape index (κ1) is 16.5. The summed E-state index contributed by atoms with van der Waals surface area (Å²) in [5.41, 5.74) is 10.0. The van der Waals surface area contributed by atoms with Crippen LogP contribution in [0, 0.1) is 13.8 Å². The SMILES string of the molecule is Cc1cc2c(nc(C)n2CCOCCCc2ccccc2)c(N)n1. The van der Waals surface area contributed by atoms with Gasteiger partial charge in [0.1, 0.15) is 11.3 Å². The van der Waals surface area contributed by atoms with Crippen LogP contribution in [0.3, 0.4) is 0 Å². The molecular weight excluding hydrogens is 300 g/mol. The number of rotatable bonds is 7. The molecule has 2 N–H and O–H groups in total. The van der Waals surface area contributed by atoms with Crippen molar-refractivity contribution >= 4 is 16.9 Å². The van der Waals surface area contributed by atoms with Gasteiger partial charge in [0, 0.05) is 18.8 Å². The number of nitrogens with two attached hydrogens (primary N) is 1. The lowest BCUT2D eigenvalue weighted by atomic mass is 10.1. The normalized spacial score (nSPS) is 11.2. The third-order valence-corrected chi connectivity index (χ3v) is 4.14. The smallest absolute Gasteiger partial charge is 0.151 e. The van der Waals surface area contributed by atoms with Crippen molar-refractivity contribution in [3.63, 3.8) is 0 Å². The molecule has 0 aliphatic heterocycles. The molecule has 0 fully saturated rings. The average molecular weight is 324 g/mol. The van der Waals surface area contributed by atoms with Crippen LogP contribution in [0.25, 0.3) is 11.0 Å². The van der Waals surface area contributed by atoms with Gasteiger partial charge in [-0.25, -0.2) is 9.97 Å². The summed E-state index contributed by atoms with van der Waals surface area (Å²) in [6.45, 7) is 6.15. The highest BCUT2D eigenvalue weighted by Gasteiger charge is 2.11. The maximum atomic E-state index is 5.97. The van der Waals surface area contributed by atoms with E-state index in [2.05, 4.69) is 38.8 Å². The molecule has 5 heteroatoms. The predicted octanol–water partition coefficient (Wildman–Crippen LogP) is 3.28. The number of nitrogens with zero attached hydrogens (tertiary/aromatic N) is 3. The molecule has 2 aromatic heterocycles. The minimum Gasteiger partial charge on any atom is -0.382 e. The molecule has 0 bridgehead atoms. The van der Waals surface area contributed by atoms with Crippen LogP contribution in [0.5, 0.6) is 0 Å². The van der Waals surface area contributed by atoms with Gasteiger partial charge in [-0.1, -0.05) is 30.3 Å². The largest absolute Gasteiger partial charge is 0.382 e. The highest BCUT2D eigenvalue weighted by Crippen LogP contribution is 2.21. The minimum absolute atomic E-state index is 0.496. The highest BCUT2D eigenvalue weighted by molar-refractivity contribution is 5.85. The molecule has 5 nitrogen and oxygen atoms in total.